The molecule has 3 rings (SSSR count). The maximum atomic E-state index is 10.8. The number of rotatable bonds is 1. The first-order chi connectivity index (χ1) is 10.6. The number of methoxy groups -OCH3 is 1. The van der Waals surface area contributed by atoms with Gasteiger partial charge < -0.3 is 14.2 Å². The van der Waals surface area contributed by atoms with E-state index in [-0.39, 0.29) is 19.1 Å². The van der Waals surface area contributed by atoms with Gasteiger partial charge in [0.2, 0.25) is 0 Å². The predicted molar refractivity (Wildman–Crippen MR) is 82.9 cm³/mol. The minimum Gasteiger partial charge on any atom is -0.436 e. The van der Waals surface area contributed by atoms with Gasteiger partial charge in [0.25, 0.3) is 11.8 Å². The average Bonchev–Trinajstić information content (AvgIpc) is 3.22. The Morgan fingerprint density at radius 2 is 1.64 bits per heavy atom. The van der Waals surface area contributed by atoms with Gasteiger partial charge in [-0.3, -0.25) is 14.4 Å². The van der Waals surface area contributed by atoms with E-state index in [1.54, 1.807) is 0 Å². The Morgan fingerprint density at radius 1 is 1.14 bits per heavy atom. The molecule has 2 amide bonds. The van der Waals surface area contributed by atoms with E-state index >= 15 is 0 Å². The van der Waals surface area contributed by atoms with Crippen LogP contribution >= 0.6 is 22.6 Å². The number of amides is 2. The summed E-state index contributed by atoms with van der Waals surface area (Å²) in [6, 6.07) is 0. The molecule has 0 aromatic rings. The van der Waals surface area contributed by atoms with Crippen molar-refractivity contribution in [1.29, 1.82) is 0 Å². The number of carbonyl (C=O) groups is 3. The predicted octanol–water partition coefficient (Wildman–Crippen LogP) is 1.65. The van der Waals surface area contributed by atoms with Gasteiger partial charge in [-0.25, -0.2) is 4.79 Å². The Kier molecular flexibility index (Phi) is 8.64. The molecule has 8 nitrogen and oxygen atoms in total. The normalized spacial score (nSPS) is 25.7. The number of carbonyl (C=O) groups excluding carboxylic acids is 3. The molecule has 3 saturated heterocycles. The lowest BCUT2D eigenvalue weighted by molar-refractivity contribution is -0.176. The van der Waals surface area contributed by atoms with E-state index in [2.05, 4.69) is 32.2 Å². The van der Waals surface area contributed by atoms with Crippen LogP contribution < -0.4 is 0 Å². The topological polar surface area (TPSA) is 91.4 Å². The lowest BCUT2D eigenvalue weighted by atomic mass is 10.1. The lowest BCUT2D eigenvalue weighted by Crippen LogP contribution is -2.31. The van der Waals surface area contributed by atoms with Gasteiger partial charge in [-0.05, 0) is 17.8 Å². The van der Waals surface area contributed by atoms with Gasteiger partial charge >= 0.3 is 6.16 Å². The second-order valence-corrected chi connectivity index (χ2v) is 4.57. The first-order valence-corrected chi connectivity index (χ1v) is 9.00. The van der Waals surface area contributed by atoms with E-state index < -0.39 is 18.0 Å². The summed E-state index contributed by atoms with van der Waals surface area (Å²) in [6.07, 6.45) is 1.69. The monoisotopic (exact) mass is 429 g/mol. The molecule has 0 N–H and O–H groups in total. The Morgan fingerprint density at radius 3 is 2.05 bits per heavy atom. The smallest absolute Gasteiger partial charge is 0.436 e. The zero-order valence-corrected chi connectivity index (χ0v) is 14.7. The second kappa shape index (κ2) is 9.95. The van der Waals surface area contributed by atoms with E-state index in [0.717, 1.165) is 26.2 Å². The maximum absolute atomic E-state index is 10.8. The van der Waals surface area contributed by atoms with Gasteiger partial charge in [0.1, 0.15) is 0 Å². The molecule has 9 heteroatoms. The zero-order chi connectivity index (χ0) is 16.5. The molecule has 0 radical (unpaired) electrons. The fourth-order valence-electron chi connectivity index (χ4n) is 2.18. The molecule has 0 aromatic carbocycles. The third-order valence-corrected chi connectivity index (χ3v) is 3.26. The summed E-state index contributed by atoms with van der Waals surface area (Å²) in [5, 5.41) is 0.422. The van der Waals surface area contributed by atoms with Gasteiger partial charge in [-0.2, -0.15) is 0 Å². The highest BCUT2D eigenvalue weighted by atomic mass is 127. The Labute approximate surface area is 142 Å². The minimum atomic E-state index is -1.07. The van der Waals surface area contributed by atoms with Crippen molar-refractivity contribution < 1.29 is 33.4 Å². The highest BCUT2D eigenvalue weighted by Gasteiger charge is 2.33. The van der Waals surface area contributed by atoms with Crippen LogP contribution in [0.3, 0.4) is 0 Å². The first-order valence-electron chi connectivity index (χ1n) is 6.84. The molecule has 3 heterocycles. The van der Waals surface area contributed by atoms with Crippen LogP contribution in [0, 0.1) is 5.92 Å². The molecule has 0 unspecified atom stereocenters. The van der Waals surface area contributed by atoms with E-state index in [4.69, 9.17) is 9.47 Å². The maximum Gasteiger partial charge on any atom is 0.533 e. The van der Waals surface area contributed by atoms with Crippen LogP contribution in [-0.2, 0) is 28.6 Å². The number of imide groups is 1. The quantitative estimate of drug-likeness (QED) is 0.271. The number of hydrogen-bond acceptors (Lipinski definition) is 7. The second-order valence-electron chi connectivity index (χ2n) is 4.57. The number of hydroxylamine groups is 2. The summed E-state index contributed by atoms with van der Waals surface area (Å²) in [4.78, 5) is 38.3. The lowest BCUT2D eigenvalue weighted by Gasteiger charge is -2.10. The highest BCUT2D eigenvalue weighted by molar-refractivity contribution is 14.1. The number of halogens is 1. The van der Waals surface area contributed by atoms with Crippen LogP contribution in [0.15, 0.2) is 0 Å². The van der Waals surface area contributed by atoms with Gasteiger partial charge in [-0.15, -0.1) is 0 Å². The Hall–Kier alpha value is -0.940. The molecule has 22 heavy (non-hydrogen) atoms. The molecule has 0 bridgehead atoms. The molecule has 0 spiro atoms. The molecule has 0 atom stereocenters. The molecule has 3 aliphatic rings. The number of fused-ring (bicyclic) bond motifs is 1. The van der Waals surface area contributed by atoms with E-state index in [9.17, 15) is 14.4 Å². The molecule has 0 saturated carbocycles. The summed E-state index contributed by atoms with van der Waals surface area (Å²) in [5.74, 6) is -0.314. The molecular weight excluding hydrogens is 409 g/mol. The van der Waals surface area contributed by atoms with Gasteiger partial charge in [-0.1, -0.05) is 27.7 Å². The third-order valence-electron chi connectivity index (χ3n) is 3.26. The van der Waals surface area contributed by atoms with Crippen molar-refractivity contribution in [3.8, 4) is 0 Å². The number of alkyl halides is 1. The zero-order valence-electron chi connectivity index (χ0n) is 12.6. The number of nitrogens with zero attached hydrogens (tertiary/aromatic N) is 1. The van der Waals surface area contributed by atoms with Crippen LogP contribution in [0.4, 0.5) is 4.79 Å². The van der Waals surface area contributed by atoms with E-state index in [1.165, 1.54) is 12.8 Å². The molecule has 126 valence electrons. The van der Waals surface area contributed by atoms with Crippen LogP contribution in [0.5, 0.6) is 0 Å². The van der Waals surface area contributed by atoms with Crippen LogP contribution in [-0.4, -0.2) is 54.6 Å². The van der Waals surface area contributed by atoms with Gasteiger partial charge in [0, 0.05) is 18.8 Å². The van der Waals surface area contributed by atoms with Gasteiger partial charge in [0.15, 0.2) is 6.29 Å². The Bertz CT molecular complexity index is 368. The molecule has 0 aromatic heterocycles. The van der Waals surface area contributed by atoms with Gasteiger partial charge in [0.05, 0.1) is 20.3 Å². The molecule has 0 aliphatic carbocycles. The number of ether oxygens (including phenoxy) is 3. The standard InChI is InChI=1S/C6H7NO5.C6H10O2.CH3I/c1-11-6(10)12-7-4(8)2-3-5(7)9;1-3-7-6-5(1)2-4-8-6;1-2/h2-3H2,1H3;5-6H,1-4H2;1H3. The van der Waals surface area contributed by atoms with Crippen LogP contribution in [0.1, 0.15) is 25.7 Å². The van der Waals surface area contributed by atoms with Crippen molar-refractivity contribution in [2.45, 2.75) is 32.0 Å². The fourth-order valence-corrected chi connectivity index (χ4v) is 2.18. The van der Waals surface area contributed by atoms with Crippen molar-refractivity contribution >= 4 is 40.6 Å². The van der Waals surface area contributed by atoms with E-state index in [1.807, 2.05) is 4.93 Å². The first kappa shape index (κ1) is 19.1. The van der Waals surface area contributed by atoms with E-state index in [0.29, 0.717) is 5.06 Å². The summed E-state index contributed by atoms with van der Waals surface area (Å²) in [5.41, 5.74) is 0. The summed E-state index contributed by atoms with van der Waals surface area (Å²) >= 11 is 2.15. The highest BCUT2D eigenvalue weighted by Crippen LogP contribution is 2.30. The van der Waals surface area contributed by atoms with Crippen molar-refractivity contribution in [2.24, 2.45) is 5.92 Å². The Balaban J connectivity index is 0.000000208. The SMILES string of the molecule is C1CC2CCOC2O1.CI.COC(=O)ON1C(=O)CCC1=O. The molecule has 3 aliphatic heterocycles. The average molecular weight is 429 g/mol. The van der Waals surface area contributed by atoms with Crippen LogP contribution in [0.25, 0.3) is 0 Å². The summed E-state index contributed by atoms with van der Waals surface area (Å²) < 4.78 is 14.6. The van der Waals surface area contributed by atoms with Crippen molar-refractivity contribution in [1.82, 2.24) is 5.06 Å². The van der Waals surface area contributed by atoms with Crippen molar-refractivity contribution in [3.63, 3.8) is 0 Å². The molecule has 3 fully saturated rings. The summed E-state index contributed by atoms with van der Waals surface area (Å²) in [6.45, 7) is 1.82. The minimum absolute atomic E-state index is 0.0792. The summed E-state index contributed by atoms with van der Waals surface area (Å²) in [7, 11) is 1.09. The van der Waals surface area contributed by atoms with Crippen molar-refractivity contribution in [3.05, 3.63) is 0 Å². The van der Waals surface area contributed by atoms with Crippen LogP contribution in [0.2, 0.25) is 0 Å². The fraction of sp³-hybridized carbons (Fsp3) is 0.769. The molecular formula is C13H20INO7. The largest absolute Gasteiger partial charge is 0.533 e. The third kappa shape index (κ3) is 5.36. The van der Waals surface area contributed by atoms with Crippen molar-refractivity contribution in [2.75, 3.05) is 25.3 Å². The number of hydrogen-bond donors (Lipinski definition) is 0.